The fraction of sp³-hybridized carbons (Fsp3) is 0.526. The van der Waals surface area contributed by atoms with Crippen LogP contribution in [0.4, 0.5) is 0 Å². The molecule has 0 N–H and O–H groups in total. The maximum atomic E-state index is 5.79. The lowest BCUT2D eigenvalue weighted by Crippen LogP contribution is -2.24. The van der Waals surface area contributed by atoms with E-state index in [1.54, 1.807) is 0 Å². The summed E-state index contributed by atoms with van der Waals surface area (Å²) < 4.78 is 13.3. The zero-order chi connectivity index (χ0) is 16.5. The standard InChI is InChI=1S/C19H26INO2/c1-16-21-19(2,15-23-16)12-11-17-7-9-18(10-8-17)22-14-6-4-3-5-13-20/h5,7-10,13H,3-4,6,11-12,14-15H2,1-2H3. The van der Waals surface area contributed by atoms with Gasteiger partial charge in [0.15, 0.2) is 5.90 Å². The fourth-order valence-corrected chi connectivity index (χ4v) is 2.98. The van der Waals surface area contributed by atoms with Crippen molar-refractivity contribution in [1.29, 1.82) is 0 Å². The third-order valence-electron chi connectivity index (χ3n) is 4.02. The summed E-state index contributed by atoms with van der Waals surface area (Å²) >= 11 is 2.26. The fourth-order valence-electron chi connectivity index (χ4n) is 2.62. The summed E-state index contributed by atoms with van der Waals surface area (Å²) in [6.45, 7) is 5.58. The zero-order valence-corrected chi connectivity index (χ0v) is 16.2. The lowest BCUT2D eigenvalue weighted by molar-refractivity contribution is 0.256. The second-order valence-corrected chi connectivity index (χ2v) is 6.99. The topological polar surface area (TPSA) is 30.8 Å². The van der Waals surface area contributed by atoms with Crippen molar-refractivity contribution in [3.8, 4) is 5.75 Å². The van der Waals surface area contributed by atoms with E-state index in [4.69, 9.17) is 9.47 Å². The molecule has 0 spiro atoms. The number of allylic oxidation sites excluding steroid dienone is 1. The number of benzene rings is 1. The Balaban J connectivity index is 1.70. The minimum absolute atomic E-state index is 0.0638. The number of ether oxygens (including phenoxy) is 2. The molecule has 1 aromatic rings. The number of aryl methyl sites for hydroxylation is 1. The van der Waals surface area contributed by atoms with Crippen LogP contribution in [0.5, 0.6) is 5.75 Å². The molecule has 0 bridgehead atoms. The van der Waals surface area contributed by atoms with Crippen LogP contribution < -0.4 is 4.74 Å². The third-order valence-corrected chi connectivity index (χ3v) is 4.53. The lowest BCUT2D eigenvalue weighted by atomic mass is 9.95. The van der Waals surface area contributed by atoms with Crippen molar-refractivity contribution < 1.29 is 9.47 Å². The summed E-state index contributed by atoms with van der Waals surface area (Å²) in [6.07, 6.45) is 7.62. The van der Waals surface area contributed by atoms with Crippen LogP contribution in [0.3, 0.4) is 0 Å². The molecule has 0 radical (unpaired) electrons. The van der Waals surface area contributed by atoms with Crippen LogP contribution in [0, 0.1) is 0 Å². The predicted molar refractivity (Wildman–Crippen MR) is 105 cm³/mol. The average molecular weight is 427 g/mol. The van der Waals surface area contributed by atoms with Crippen molar-refractivity contribution >= 4 is 28.5 Å². The van der Waals surface area contributed by atoms with Gasteiger partial charge in [0.25, 0.3) is 0 Å². The Morgan fingerprint density at radius 2 is 2.09 bits per heavy atom. The molecule has 0 saturated carbocycles. The third kappa shape index (κ3) is 6.53. The molecule has 1 unspecified atom stereocenters. The van der Waals surface area contributed by atoms with Gasteiger partial charge in [0.05, 0.1) is 12.1 Å². The Kier molecular flexibility index (Phi) is 7.40. The van der Waals surface area contributed by atoms with Gasteiger partial charge in [0.1, 0.15) is 12.4 Å². The summed E-state index contributed by atoms with van der Waals surface area (Å²) in [7, 11) is 0. The van der Waals surface area contributed by atoms with Crippen molar-refractivity contribution in [2.45, 2.75) is 51.5 Å². The molecule has 126 valence electrons. The highest BCUT2D eigenvalue weighted by Crippen LogP contribution is 2.25. The number of hydrogen-bond acceptors (Lipinski definition) is 3. The molecule has 1 aromatic carbocycles. The monoisotopic (exact) mass is 427 g/mol. The van der Waals surface area contributed by atoms with Gasteiger partial charge in [0.2, 0.25) is 0 Å². The van der Waals surface area contributed by atoms with Crippen LogP contribution in [-0.2, 0) is 11.2 Å². The van der Waals surface area contributed by atoms with Gasteiger partial charge in [-0.25, -0.2) is 4.99 Å². The summed E-state index contributed by atoms with van der Waals surface area (Å²) in [4.78, 5) is 4.59. The molecule has 0 saturated heterocycles. The SMILES string of the molecule is CC1=NC(C)(CCc2ccc(OCCCCC=CI)cc2)CO1. The van der Waals surface area contributed by atoms with E-state index in [0.717, 1.165) is 43.9 Å². The van der Waals surface area contributed by atoms with E-state index < -0.39 is 0 Å². The zero-order valence-electron chi connectivity index (χ0n) is 14.1. The largest absolute Gasteiger partial charge is 0.494 e. The van der Waals surface area contributed by atoms with E-state index in [1.165, 1.54) is 12.0 Å². The molecule has 0 amide bonds. The number of nitrogens with zero attached hydrogens (tertiary/aromatic N) is 1. The molecular weight excluding hydrogens is 401 g/mol. The van der Waals surface area contributed by atoms with E-state index in [1.807, 2.05) is 6.92 Å². The molecule has 1 aliphatic heterocycles. The van der Waals surface area contributed by atoms with Gasteiger partial charge < -0.3 is 9.47 Å². The van der Waals surface area contributed by atoms with Gasteiger partial charge in [-0.1, -0.05) is 40.8 Å². The summed E-state index contributed by atoms with van der Waals surface area (Å²) in [5.41, 5.74) is 1.26. The van der Waals surface area contributed by atoms with E-state index in [0.29, 0.717) is 6.61 Å². The van der Waals surface area contributed by atoms with E-state index in [2.05, 4.69) is 68.9 Å². The molecule has 2 rings (SSSR count). The van der Waals surface area contributed by atoms with Crippen LogP contribution in [0.25, 0.3) is 0 Å². The second-order valence-electron chi connectivity index (χ2n) is 6.27. The van der Waals surface area contributed by atoms with Gasteiger partial charge in [-0.05, 0) is 60.8 Å². The Bertz CT molecular complexity index is 539. The first-order chi connectivity index (χ1) is 11.1. The number of aliphatic imine (C=N–C) groups is 1. The molecule has 0 aromatic heterocycles. The van der Waals surface area contributed by atoms with Crippen molar-refractivity contribution in [3.05, 3.63) is 40.0 Å². The van der Waals surface area contributed by atoms with Crippen molar-refractivity contribution in [1.82, 2.24) is 0 Å². The quantitative estimate of drug-likeness (QED) is 0.394. The first-order valence-corrected chi connectivity index (χ1v) is 9.52. The molecule has 23 heavy (non-hydrogen) atoms. The first kappa shape index (κ1) is 18.3. The van der Waals surface area contributed by atoms with Gasteiger partial charge in [0, 0.05) is 6.92 Å². The molecule has 0 fully saturated rings. The summed E-state index contributed by atoms with van der Waals surface area (Å²) in [5.74, 6) is 1.77. The van der Waals surface area contributed by atoms with Crippen molar-refractivity contribution in [2.24, 2.45) is 4.99 Å². The molecule has 1 aliphatic rings. The van der Waals surface area contributed by atoms with Crippen LogP contribution >= 0.6 is 22.6 Å². The Morgan fingerprint density at radius 1 is 1.30 bits per heavy atom. The van der Waals surface area contributed by atoms with Gasteiger partial charge in [-0.2, -0.15) is 0 Å². The van der Waals surface area contributed by atoms with Crippen LogP contribution in [-0.4, -0.2) is 24.7 Å². The van der Waals surface area contributed by atoms with Gasteiger partial charge in [-0.15, -0.1) is 0 Å². The number of unbranched alkanes of at least 4 members (excludes halogenated alkanes) is 2. The van der Waals surface area contributed by atoms with Crippen molar-refractivity contribution in [2.75, 3.05) is 13.2 Å². The van der Waals surface area contributed by atoms with Crippen LogP contribution in [0.15, 0.2) is 39.4 Å². The summed E-state index contributed by atoms with van der Waals surface area (Å²) in [6, 6.07) is 8.46. The number of hydrogen-bond donors (Lipinski definition) is 0. The van der Waals surface area contributed by atoms with Crippen molar-refractivity contribution in [3.63, 3.8) is 0 Å². The van der Waals surface area contributed by atoms with E-state index >= 15 is 0 Å². The minimum atomic E-state index is -0.0638. The Labute approximate surface area is 153 Å². The highest BCUT2D eigenvalue weighted by molar-refractivity contribution is 14.1. The van der Waals surface area contributed by atoms with Crippen LogP contribution in [0.1, 0.15) is 45.1 Å². The molecule has 3 nitrogen and oxygen atoms in total. The maximum absolute atomic E-state index is 5.79. The maximum Gasteiger partial charge on any atom is 0.180 e. The molecule has 1 heterocycles. The first-order valence-electron chi connectivity index (χ1n) is 8.27. The number of halogens is 1. The highest BCUT2D eigenvalue weighted by Gasteiger charge is 2.29. The normalized spacial score (nSPS) is 20.6. The molecule has 0 aliphatic carbocycles. The average Bonchev–Trinajstić information content (AvgIpc) is 2.90. The van der Waals surface area contributed by atoms with E-state index in [9.17, 15) is 0 Å². The number of rotatable bonds is 9. The van der Waals surface area contributed by atoms with Gasteiger partial charge >= 0.3 is 0 Å². The second kappa shape index (κ2) is 9.30. The molecule has 4 heteroatoms. The van der Waals surface area contributed by atoms with Gasteiger partial charge in [-0.3, -0.25) is 0 Å². The Hall–Kier alpha value is -1.04. The predicted octanol–water partition coefficient (Wildman–Crippen LogP) is 5.32. The summed E-state index contributed by atoms with van der Waals surface area (Å²) in [5, 5.41) is 0. The van der Waals surface area contributed by atoms with E-state index in [-0.39, 0.29) is 5.54 Å². The lowest BCUT2D eigenvalue weighted by Gasteiger charge is -2.18. The smallest absolute Gasteiger partial charge is 0.180 e. The van der Waals surface area contributed by atoms with Crippen LogP contribution in [0.2, 0.25) is 0 Å². The Morgan fingerprint density at radius 3 is 2.74 bits per heavy atom. The molecular formula is C19H26INO2. The molecule has 1 atom stereocenters. The minimum Gasteiger partial charge on any atom is -0.494 e. The highest BCUT2D eigenvalue weighted by atomic mass is 127.